The number of hydrogen-bond acceptors (Lipinski definition) is 4. The van der Waals surface area contributed by atoms with E-state index in [1.807, 2.05) is 6.92 Å². The monoisotopic (exact) mass is 245 g/mol. The summed E-state index contributed by atoms with van der Waals surface area (Å²) in [6, 6.07) is 3.59. The summed E-state index contributed by atoms with van der Waals surface area (Å²) in [5.41, 5.74) is 2.05. The maximum Gasteiger partial charge on any atom is 0.259 e. The van der Waals surface area contributed by atoms with E-state index in [4.69, 9.17) is 0 Å². The van der Waals surface area contributed by atoms with E-state index in [0.29, 0.717) is 11.3 Å². The molecular weight excluding hydrogens is 230 g/mol. The third kappa shape index (κ3) is 2.32. The molecule has 0 saturated carbocycles. The van der Waals surface area contributed by atoms with Crippen LogP contribution in [0.1, 0.15) is 16.1 Å². The molecule has 18 heavy (non-hydrogen) atoms. The number of nitrogens with zero attached hydrogens (tertiary/aromatic N) is 3. The second-order valence-electron chi connectivity index (χ2n) is 3.90. The Kier molecular flexibility index (Phi) is 3.27. The van der Waals surface area contributed by atoms with Crippen molar-refractivity contribution >= 4 is 17.4 Å². The summed E-state index contributed by atoms with van der Waals surface area (Å²) in [5.74, 6) is 0.574. The summed E-state index contributed by atoms with van der Waals surface area (Å²) in [6.07, 6.45) is 3.16. The first-order chi connectivity index (χ1) is 8.61. The number of anilines is 2. The molecule has 0 saturated heterocycles. The van der Waals surface area contributed by atoms with Crippen LogP contribution in [0.25, 0.3) is 0 Å². The quantitative estimate of drug-likeness (QED) is 0.857. The molecule has 2 aromatic rings. The molecule has 0 aliphatic rings. The minimum absolute atomic E-state index is 0.181. The molecule has 0 aromatic carbocycles. The van der Waals surface area contributed by atoms with Crippen LogP contribution >= 0.6 is 0 Å². The molecule has 0 radical (unpaired) electrons. The van der Waals surface area contributed by atoms with Gasteiger partial charge in [0.2, 0.25) is 0 Å². The summed E-state index contributed by atoms with van der Waals surface area (Å²) in [4.78, 5) is 16.1. The van der Waals surface area contributed by atoms with Crippen LogP contribution in [-0.4, -0.2) is 27.7 Å². The van der Waals surface area contributed by atoms with Gasteiger partial charge in [-0.3, -0.25) is 9.48 Å². The third-order valence-corrected chi connectivity index (χ3v) is 2.76. The molecule has 0 spiro atoms. The Morgan fingerprint density at radius 2 is 2.11 bits per heavy atom. The molecule has 0 unspecified atom stereocenters. The van der Waals surface area contributed by atoms with Gasteiger partial charge in [0.05, 0.1) is 23.6 Å². The van der Waals surface area contributed by atoms with E-state index < -0.39 is 0 Å². The number of carbonyl (C=O) groups excluding carboxylic acids is 1. The second-order valence-corrected chi connectivity index (χ2v) is 3.90. The first-order valence-electron chi connectivity index (χ1n) is 5.55. The minimum Gasteiger partial charge on any atom is -0.373 e. The number of amides is 1. The van der Waals surface area contributed by atoms with Gasteiger partial charge in [0.1, 0.15) is 5.82 Å². The highest BCUT2D eigenvalue weighted by Gasteiger charge is 2.12. The number of aryl methyl sites for hydroxylation is 1. The zero-order valence-corrected chi connectivity index (χ0v) is 10.6. The van der Waals surface area contributed by atoms with Crippen LogP contribution in [-0.2, 0) is 7.05 Å². The molecule has 2 heterocycles. The Bertz CT molecular complexity index is 558. The summed E-state index contributed by atoms with van der Waals surface area (Å²) in [7, 11) is 3.59. The number of carbonyl (C=O) groups is 1. The first-order valence-corrected chi connectivity index (χ1v) is 5.55. The normalized spacial score (nSPS) is 10.2. The molecule has 94 valence electrons. The molecule has 0 atom stereocenters. The predicted octanol–water partition coefficient (Wildman–Crippen LogP) is 1.42. The van der Waals surface area contributed by atoms with E-state index in [2.05, 4.69) is 20.7 Å². The fourth-order valence-electron chi connectivity index (χ4n) is 1.54. The second kappa shape index (κ2) is 4.87. The fraction of sp³-hybridized carbons (Fsp3) is 0.250. The van der Waals surface area contributed by atoms with Crippen LogP contribution in [0.5, 0.6) is 0 Å². The van der Waals surface area contributed by atoms with E-state index in [-0.39, 0.29) is 5.91 Å². The molecule has 2 rings (SSSR count). The SMILES string of the molecule is CNc1ccc(NC(=O)c2cnn(C)c2C)cn1. The van der Waals surface area contributed by atoms with E-state index in [1.165, 1.54) is 0 Å². The van der Waals surface area contributed by atoms with Crippen LogP contribution in [0.2, 0.25) is 0 Å². The standard InChI is InChI=1S/C12H15N5O/c1-8-10(7-15-17(8)3)12(18)16-9-4-5-11(13-2)14-6-9/h4-7H,1-3H3,(H,13,14)(H,16,18). The van der Waals surface area contributed by atoms with Gasteiger partial charge in [-0.05, 0) is 19.1 Å². The van der Waals surface area contributed by atoms with Crippen LogP contribution in [0.3, 0.4) is 0 Å². The number of nitrogens with one attached hydrogen (secondary N) is 2. The van der Waals surface area contributed by atoms with Crippen molar-refractivity contribution < 1.29 is 4.79 Å². The Morgan fingerprint density at radius 3 is 2.61 bits per heavy atom. The summed E-state index contributed by atoms with van der Waals surface area (Å²) < 4.78 is 1.66. The van der Waals surface area contributed by atoms with Crippen molar-refractivity contribution in [3.8, 4) is 0 Å². The van der Waals surface area contributed by atoms with Crippen molar-refractivity contribution in [3.63, 3.8) is 0 Å². The summed E-state index contributed by atoms with van der Waals surface area (Å²) >= 11 is 0. The molecule has 1 amide bonds. The molecule has 2 aromatic heterocycles. The molecule has 0 aliphatic carbocycles. The first kappa shape index (κ1) is 12.1. The van der Waals surface area contributed by atoms with Crippen LogP contribution in [0.4, 0.5) is 11.5 Å². The molecule has 0 aliphatic heterocycles. The van der Waals surface area contributed by atoms with Crippen LogP contribution in [0, 0.1) is 6.92 Å². The molecule has 6 nitrogen and oxygen atoms in total. The number of hydrogen-bond donors (Lipinski definition) is 2. The smallest absolute Gasteiger partial charge is 0.259 e. The zero-order chi connectivity index (χ0) is 13.1. The maximum atomic E-state index is 12.0. The molecule has 0 fully saturated rings. The number of aromatic nitrogens is 3. The minimum atomic E-state index is -0.181. The van der Waals surface area contributed by atoms with Crippen molar-refractivity contribution in [2.45, 2.75) is 6.92 Å². The van der Waals surface area contributed by atoms with Crippen molar-refractivity contribution in [2.75, 3.05) is 17.7 Å². The largest absolute Gasteiger partial charge is 0.373 e. The highest BCUT2D eigenvalue weighted by molar-refractivity contribution is 6.04. The lowest BCUT2D eigenvalue weighted by Crippen LogP contribution is -2.13. The lowest BCUT2D eigenvalue weighted by atomic mass is 10.2. The highest BCUT2D eigenvalue weighted by atomic mass is 16.1. The van der Waals surface area contributed by atoms with Crippen LogP contribution in [0.15, 0.2) is 24.5 Å². The highest BCUT2D eigenvalue weighted by Crippen LogP contribution is 2.12. The van der Waals surface area contributed by atoms with E-state index in [0.717, 1.165) is 11.5 Å². The topological polar surface area (TPSA) is 71.8 Å². The van der Waals surface area contributed by atoms with Crippen molar-refractivity contribution in [3.05, 3.63) is 35.8 Å². The Hall–Kier alpha value is -2.37. The van der Waals surface area contributed by atoms with Gasteiger partial charge in [0.25, 0.3) is 5.91 Å². The fourth-order valence-corrected chi connectivity index (χ4v) is 1.54. The Morgan fingerprint density at radius 1 is 1.33 bits per heavy atom. The maximum absolute atomic E-state index is 12.0. The van der Waals surface area contributed by atoms with E-state index >= 15 is 0 Å². The molecular formula is C12H15N5O. The van der Waals surface area contributed by atoms with Gasteiger partial charge < -0.3 is 10.6 Å². The molecule has 0 bridgehead atoms. The van der Waals surface area contributed by atoms with Crippen molar-refractivity contribution in [2.24, 2.45) is 7.05 Å². The average molecular weight is 245 g/mol. The molecule has 6 heteroatoms. The van der Waals surface area contributed by atoms with Gasteiger partial charge >= 0.3 is 0 Å². The summed E-state index contributed by atoms with van der Waals surface area (Å²) in [6.45, 7) is 1.85. The van der Waals surface area contributed by atoms with Gasteiger partial charge in [0, 0.05) is 19.8 Å². The predicted molar refractivity (Wildman–Crippen MR) is 69.7 cm³/mol. The Labute approximate surface area is 105 Å². The van der Waals surface area contributed by atoms with Gasteiger partial charge in [-0.2, -0.15) is 5.10 Å². The van der Waals surface area contributed by atoms with E-state index in [9.17, 15) is 4.79 Å². The number of pyridine rings is 1. The van der Waals surface area contributed by atoms with Gasteiger partial charge in [-0.1, -0.05) is 0 Å². The van der Waals surface area contributed by atoms with Crippen molar-refractivity contribution in [1.29, 1.82) is 0 Å². The van der Waals surface area contributed by atoms with Crippen LogP contribution < -0.4 is 10.6 Å². The average Bonchev–Trinajstić information content (AvgIpc) is 2.71. The third-order valence-electron chi connectivity index (χ3n) is 2.76. The van der Waals surface area contributed by atoms with Gasteiger partial charge in [0.15, 0.2) is 0 Å². The van der Waals surface area contributed by atoms with E-state index in [1.54, 1.807) is 43.3 Å². The van der Waals surface area contributed by atoms with Crippen molar-refractivity contribution in [1.82, 2.24) is 14.8 Å². The van der Waals surface area contributed by atoms with Gasteiger partial charge in [-0.25, -0.2) is 4.98 Å². The molecule has 2 N–H and O–H groups in total. The lowest BCUT2D eigenvalue weighted by molar-refractivity contribution is 0.102. The zero-order valence-electron chi connectivity index (χ0n) is 10.6. The number of rotatable bonds is 3. The Balaban J connectivity index is 2.13. The summed E-state index contributed by atoms with van der Waals surface area (Å²) in [5, 5.41) is 9.73. The lowest BCUT2D eigenvalue weighted by Gasteiger charge is -2.05. The van der Waals surface area contributed by atoms with Gasteiger partial charge in [-0.15, -0.1) is 0 Å².